The van der Waals surface area contributed by atoms with Crippen molar-refractivity contribution in [1.82, 2.24) is 5.32 Å². The molecule has 0 aromatic carbocycles. The van der Waals surface area contributed by atoms with Gasteiger partial charge in [-0.25, -0.2) is 0 Å². The third kappa shape index (κ3) is 4.51. The first-order valence-corrected chi connectivity index (χ1v) is 3.53. The molecule has 6 heteroatoms. The molecule has 0 spiro atoms. The molecule has 0 aromatic rings. The van der Waals surface area contributed by atoms with Crippen molar-refractivity contribution in [3.63, 3.8) is 0 Å². The molecule has 0 heterocycles. The van der Waals surface area contributed by atoms with Crippen molar-refractivity contribution < 1.29 is 23.1 Å². The zero-order valence-electron chi connectivity index (χ0n) is 6.93. The molecule has 2 N–H and O–H groups in total. The number of hydrogen-bond donors (Lipinski definition) is 2. The fourth-order valence-corrected chi connectivity index (χ4v) is 0.637. The van der Waals surface area contributed by atoms with Gasteiger partial charge in [-0.05, 0) is 6.92 Å². The summed E-state index contributed by atoms with van der Waals surface area (Å²) in [4.78, 5) is 10.3. The van der Waals surface area contributed by atoms with Gasteiger partial charge in [0, 0.05) is 0 Å². The van der Waals surface area contributed by atoms with Crippen molar-refractivity contribution in [2.45, 2.75) is 19.1 Å². The number of carbonyl (C=O) groups is 1. The number of nitrogens with one attached hydrogen (secondary N) is 1. The molecule has 1 amide bonds. The molecular formula is C7H10F3NO2. The number of carbonyl (C=O) groups excluding carboxylic acids is 1. The van der Waals surface area contributed by atoms with Crippen LogP contribution in [0.4, 0.5) is 13.2 Å². The SMILES string of the molecule is C/C=C/[C@@H](CO)NC(=O)C(F)(F)F. The maximum absolute atomic E-state index is 11.7. The van der Waals surface area contributed by atoms with Gasteiger partial charge in [-0.1, -0.05) is 12.2 Å². The van der Waals surface area contributed by atoms with Gasteiger partial charge in [0.15, 0.2) is 0 Å². The first-order chi connectivity index (χ1) is 5.91. The van der Waals surface area contributed by atoms with Gasteiger partial charge < -0.3 is 10.4 Å². The molecule has 0 aromatic heterocycles. The fraction of sp³-hybridized carbons (Fsp3) is 0.571. The lowest BCUT2D eigenvalue weighted by atomic mass is 10.3. The minimum absolute atomic E-state index is 0.563. The lowest BCUT2D eigenvalue weighted by Crippen LogP contribution is -2.43. The normalized spacial score (nSPS) is 14.5. The van der Waals surface area contributed by atoms with E-state index in [4.69, 9.17) is 5.11 Å². The van der Waals surface area contributed by atoms with Gasteiger partial charge in [0.25, 0.3) is 0 Å². The third-order valence-electron chi connectivity index (χ3n) is 1.20. The second kappa shape index (κ2) is 4.86. The molecule has 13 heavy (non-hydrogen) atoms. The number of hydrogen-bond acceptors (Lipinski definition) is 2. The molecular weight excluding hydrogens is 187 g/mol. The van der Waals surface area contributed by atoms with Crippen molar-refractivity contribution in [1.29, 1.82) is 0 Å². The molecule has 0 aliphatic heterocycles. The van der Waals surface area contributed by atoms with Crippen LogP contribution < -0.4 is 5.32 Å². The molecule has 1 atom stereocenters. The topological polar surface area (TPSA) is 49.3 Å². The van der Waals surface area contributed by atoms with Gasteiger partial charge in [0.05, 0.1) is 12.6 Å². The zero-order chi connectivity index (χ0) is 10.5. The lowest BCUT2D eigenvalue weighted by Gasteiger charge is -2.13. The Labute approximate surface area is 73.2 Å². The quantitative estimate of drug-likeness (QED) is 0.651. The van der Waals surface area contributed by atoms with Crippen LogP contribution in [-0.2, 0) is 4.79 Å². The molecule has 76 valence electrons. The van der Waals surface area contributed by atoms with Crippen molar-refractivity contribution in [2.24, 2.45) is 0 Å². The van der Waals surface area contributed by atoms with Crippen LogP contribution in [0.3, 0.4) is 0 Å². The van der Waals surface area contributed by atoms with Gasteiger partial charge in [0.2, 0.25) is 0 Å². The molecule has 3 nitrogen and oxygen atoms in total. The molecule has 0 aliphatic rings. The predicted molar refractivity (Wildman–Crippen MR) is 39.9 cm³/mol. The summed E-state index contributed by atoms with van der Waals surface area (Å²) in [6.45, 7) is 1.01. The van der Waals surface area contributed by atoms with E-state index in [9.17, 15) is 18.0 Å². The van der Waals surface area contributed by atoms with Gasteiger partial charge in [-0.2, -0.15) is 13.2 Å². The highest BCUT2D eigenvalue weighted by molar-refractivity contribution is 5.82. The standard InChI is InChI=1S/C7H10F3NO2/c1-2-3-5(4-12)11-6(13)7(8,9)10/h2-3,5,12H,4H2,1H3,(H,11,13)/b3-2+/t5-/m0/s1. The van der Waals surface area contributed by atoms with E-state index < -0.39 is 24.7 Å². The smallest absolute Gasteiger partial charge is 0.394 e. The summed E-state index contributed by atoms with van der Waals surface area (Å²) in [5, 5.41) is 10.1. The summed E-state index contributed by atoms with van der Waals surface area (Å²) in [7, 11) is 0. The second-order valence-corrected chi connectivity index (χ2v) is 2.29. The average Bonchev–Trinajstić information content (AvgIpc) is 2.01. The summed E-state index contributed by atoms with van der Waals surface area (Å²) < 4.78 is 35.0. The third-order valence-corrected chi connectivity index (χ3v) is 1.20. The van der Waals surface area contributed by atoms with Gasteiger partial charge in [-0.15, -0.1) is 0 Å². The molecule has 0 saturated carbocycles. The fourth-order valence-electron chi connectivity index (χ4n) is 0.637. The molecule has 0 aliphatic carbocycles. The van der Waals surface area contributed by atoms with Crippen LogP contribution in [0.15, 0.2) is 12.2 Å². The monoisotopic (exact) mass is 197 g/mol. The van der Waals surface area contributed by atoms with Gasteiger partial charge in [-0.3, -0.25) is 4.79 Å². The Morgan fingerprint density at radius 2 is 2.15 bits per heavy atom. The summed E-state index contributed by atoms with van der Waals surface area (Å²) in [5.74, 6) is -2.05. The summed E-state index contributed by atoms with van der Waals surface area (Å²) in [6.07, 6.45) is -2.20. The van der Waals surface area contributed by atoms with E-state index in [2.05, 4.69) is 0 Å². The van der Waals surface area contributed by atoms with Crippen molar-refractivity contribution in [3.05, 3.63) is 12.2 Å². The predicted octanol–water partition coefficient (Wildman–Crippen LogP) is 0.602. The van der Waals surface area contributed by atoms with E-state index in [-0.39, 0.29) is 0 Å². The first kappa shape index (κ1) is 12.0. The number of alkyl halides is 3. The Morgan fingerprint density at radius 3 is 2.46 bits per heavy atom. The number of amides is 1. The summed E-state index contributed by atoms with van der Waals surface area (Å²) in [6, 6.07) is -0.987. The number of aliphatic hydroxyl groups excluding tert-OH is 1. The highest BCUT2D eigenvalue weighted by atomic mass is 19.4. The van der Waals surface area contributed by atoms with Crippen LogP contribution in [0.2, 0.25) is 0 Å². The number of rotatable bonds is 3. The van der Waals surface area contributed by atoms with E-state index in [1.54, 1.807) is 12.2 Å². The van der Waals surface area contributed by atoms with Crippen molar-refractivity contribution in [2.75, 3.05) is 6.61 Å². The Morgan fingerprint density at radius 1 is 1.62 bits per heavy atom. The zero-order valence-corrected chi connectivity index (χ0v) is 6.93. The molecule has 0 saturated heterocycles. The largest absolute Gasteiger partial charge is 0.471 e. The average molecular weight is 197 g/mol. The molecule has 0 radical (unpaired) electrons. The molecule has 0 bridgehead atoms. The Balaban J connectivity index is 4.17. The van der Waals surface area contributed by atoms with Crippen LogP contribution >= 0.6 is 0 Å². The van der Waals surface area contributed by atoms with E-state index in [1.165, 1.54) is 12.2 Å². The Hall–Kier alpha value is -1.04. The van der Waals surface area contributed by atoms with Crippen LogP contribution in [0.1, 0.15) is 6.92 Å². The van der Waals surface area contributed by atoms with E-state index in [0.29, 0.717) is 0 Å². The molecule has 0 fully saturated rings. The highest BCUT2D eigenvalue weighted by Gasteiger charge is 2.39. The number of halogens is 3. The number of allylic oxidation sites excluding steroid dienone is 1. The molecule has 0 rings (SSSR count). The summed E-state index contributed by atoms with van der Waals surface area (Å²) in [5.41, 5.74) is 0. The minimum Gasteiger partial charge on any atom is -0.394 e. The Kier molecular flexibility index (Phi) is 4.47. The number of aliphatic hydroxyl groups is 1. The van der Waals surface area contributed by atoms with Crippen molar-refractivity contribution >= 4 is 5.91 Å². The maximum Gasteiger partial charge on any atom is 0.471 e. The summed E-state index contributed by atoms with van der Waals surface area (Å²) >= 11 is 0. The molecule has 0 unspecified atom stereocenters. The van der Waals surface area contributed by atoms with E-state index in [0.717, 1.165) is 0 Å². The van der Waals surface area contributed by atoms with Gasteiger partial charge in [0.1, 0.15) is 0 Å². The highest BCUT2D eigenvalue weighted by Crippen LogP contribution is 2.14. The van der Waals surface area contributed by atoms with E-state index in [1.807, 2.05) is 0 Å². The van der Waals surface area contributed by atoms with Crippen LogP contribution in [-0.4, -0.2) is 29.8 Å². The maximum atomic E-state index is 11.7. The van der Waals surface area contributed by atoms with Crippen molar-refractivity contribution in [3.8, 4) is 0 Å². The first-order valence-electron chi connectivity index (χ1n) is 3.53. The van der Waals surface area contributed by atoms with Crippen LogP contribution in [0, 0.1) is 0 Å². The van der Waals surface area contributed by atoms with Crippen LogP contribution in [0.25, 0.3) is 0 Å². The lowest BCUT2D eigenvalue weighted by molar-refractivity contribution is -0.174. The van der Waals surface area contributed by atoms with E-state index >= 15 is 0 Å². The second-order valence-electron chi connectivity index (χ2n) is 2.29. The van der Waals surface area contributed by atoms with Gasteiger partial charge >= 0.3 is 12.1 Å². The van der Waals surface area contributed by atoms with Crippen LogP contribution in [0.5, 0.6) is 0 Å². The Bertz CT molecular complexity index is 200. The minimum atomic E-state index is -4.91.